The van der Waals surface area contributed by atoms with Crippen LogP contribution < -0.4 is 20.3 Å². The second kappa shape index (κ2) is 8.01. The van der Waals surface area contributed by atoms with Gasteiger partial charge < -0.3 is 20.3 Å². The van der Waals surface area contributed by atoms with E-state index in [0.717, 1.165) is 0 Å². The third kappa shape index (κ3) is 5.62. The van der Waals surface area contributed by atoms with Crippen LogP contribution in [0.4, 0.5) is 48.3 Å². The van der Waals surface area contributed by atoms with Gasteiger partial charge in [0.05, 0.1) is 24.4 Å². The largest absolute Gasteiger partial charge is 0.467 e. The SMILES string of the molecule is COc1ncc(NC(=O)Nc2cc(C(F)(F)F)cc(C(F)(F)F)c2)c(N(C)C)n1. The summed E-state index contributed by atoms with van der Waals surface area (Å²) in [6, 6.07) is -0.343. The lowest BCUT2D eigenvalue weighted by Crippen LogP contribution is -2.23. The number of carbonyl (C=O) groups excluding carboxylic acids is 1. The molecule has 0 atom stereocenters. The highest BCUT2D eigenvalue weighted by atomic mass is 19.4. The number of methoxy groups -OCH3 is 1. The topological polar surface area (TPSA) is 79.4 Å². The number of alkyl halides is 6. The summed E-state index contributed by atoms with van der Waals surface area (Å²) in [5, 5.41) is 4.23. The lowest BCUT2D eigenvalue weighted by atomic mass is 10.1. The Hall–Kier alpha value is -3.25. The van der Waals surface area contributed by atoms with E-state index >= 15 is 0 Å². The highest BCUT2D eigenvalue weighted by Crippen LogP contribution is 2.37. The van der Waals surface area contributed by atoms with Gasteiger partial charge in [0.2, 0.25) is 0 Å². The Labute approximate surface area is 160 Å². The monoisotopic (exact) mass is 423 g/mol. The number of nitrogens with zero attached hydrogens (tertiary/aromatic N) is 3. The number of hydrogen-bond donors (Lipinski definition) is 2. The van der Waals surface area contributed by atoms with E-state index in [0.29, 0.717) is 12.1 Å². The number of nitrogens with one attached hydrogen (secondary N) is 2. The Kier molecular flexibility index (Phi) is 6.09. The molecule has 13 heteroatoms. The van der Waals surface area contributed by atoms with Gasteiger partial charge in [0.25, 0.3) is 0 Å². The van der Waals surface area contributed by atoms with Gasteiger partial charge in [-0.15, -0.1) is 0 Å². The number of anilines is 3. The second-order valence-electron chi connectivity index (χ2n) is 5.86. The predicted octanol–water partition coefficient (Wildman–Crippen LogP) is 4.23. The van der Waals surface area contributed by atoms with Gasteiger partial charge in [-0.1, -0.05) is 0 Å². The van der Waals surface area contributed by atoms with Crippen LogP contribution >= 0.6 is 0 Å². The Morgan fingerprint density at radius 2 is 1.55 bits per heavy atom. The third-order valence-electron chi connectivity index (χ3n) is 3.45. The Balaban J connectivity index is 2.31. The van der Waals surface area contributed by atoms with Crippen molar-refractivity contribution in [3.8, 4) is 6.01 Å². The zero-order valence-electron chi connectivity index (χ0n) is 15.2. The summed E-state index contributed by atoms with van der Waals surface area (Å²) in [4.78, 5) is 21.4. The molecule has 0 bridgehead atoms. The number of benzene rings is 1. The minimum absolute atomic E-state index is 0.00708. The van der Waals surface area contributed by atoms with Gasteiger partial charge in [0.15, 0.2) is 5.82 Å². The Bertz CT molecular complexity index is 866. The molecule has 29 heavy (non-hydrogen) atoms. The van der Waals surface area contributed by atoms with Crippen molar-refractivity contribution < 1.29 is 35.9 Å². The van der Waals surface area contributed by atoms with Crippen LogP contribution in [0.15, 0.2) is 24.4 Å². The van der Waals surface area contributed by atoms with E-state index in [1.54, 1.807) is 14.1 Å². The van der Waals surface area contributed by atoms with E-state index in [1.165, 1.54) is 18.2 Å². The lowest BCUT2D eigenvalue weighted by Gasteiger charge is -2.18. The minimum atomic E-state index is -5.03. The first-order valence-corrected chi connectivity index (χ1v) is 7.77. The molecule has 0 spiro atoms. The van der Waals surface area contributed by atoms with Crippen molar-refractivity contribution in [2.75, 3.05) is 36.7 Å². The van der Waals surface area contributed by atoms with Crippen molar-refractivity contribution in [1.82, 2.24) is 9.97 Å². The first-order chi connectivity index (χ1) is 13.3. The molecule has 0 aliphatic heterocycles. The lowest BCUT2D eigenvalue weighted by molar-refractivity contribution is -0.143. The summed E-state index contributed by atoms with van der Waals surface area (Å²) < 4.78 is 82.3. The minimum Gasteiger partial charge on any atom is -0.467 e. The molecule has 158 valence electrons. The molecule has 2 aromatic rings. The van der Waals surface area contributed by atoms with Crippen LogP contribution in [0.3, 0.4) is 0 Å². The molecule has 0 aliphatic carbocycles. The summed E-state index contributed by atoms with van der Waals surface area (Å²) in [7, 11) is 4.50. The van der Waals surface area contributed by atoms with Crippen molar-refractivity contribution in [3.63, 3.8) is 0 Å². The van der Waals surface area contributed by atoms with Gasteiger partial charge in [-0.05, 0) is 18.2 Å². The summed E-state index contributed by atoms with van der Waals surface area (Å²) in [6.07, 6.45) is -8.89. The predicted molar refractivity (Wildman–Crippen MR) is 92.0 cm³/mol. The number of halogens is 6. The molecule has 0 radical (unpaired) electrons. The molecule has 0 fully saturated rings. The first-order valence-electron chi connectivity index (χ1n) is 7.77. The van der Waals surface area contributed by atoms with Crippen LogP contribution in [0.5, 0.6) is 6.01 Å². The van der Waals surface area contributed by atoms with Crippen LogP contribution in [0.25, 0.3) is 0 Å². The molecule has 7 nitrogen and oxygen atoms in total. The Morgan fingerprint density at radius 1 is 1.00 bits per heavy atom. The van der Waals surface area contributed by atoms with E-state index in [4.69, 9.17) is 4.74 Å². The van der Waals surface area contributed by atoms with Gasteiger partial charge >= 0.3 is 24.4 Å². The molecular formula is C16H15F6N5O2. The fourth-order valence-corrected chi connectivity index (χ4v) is 2.20. The number of ether oxygens (including phenoxy) is 1. The zero-order chi connectivity index (χ0) is 22.0. The molecule has 0 unspecified atom stereocenters. The van der Waals surface area contributed by atoms with Gasteiger partial charge in [0.1, 0.15) is 5.69 Å². The maximum atomic E-state index is 12.9. The quantitative estimate of drug-likeness (QED) is 0.720. The summed E-state index contributed by atoms with van der Waals surface area (Å²) in [5.74, 6) is 0.201. The number of aromatic nitrogens is 2. The third-order valence-corrected chi connectivity index (χ3v) is 3.45. The summed E-state index contributed by atoms with van der Waals surface area (Å²) >= 11 is 0. The van der Waals surface area contributed by atoms with Crippen molar-refractivity contribution in [2.24, 2.45) is 0 Å². The molecular weight excluding hydrogens is 408 g/mol. The second-order valence-corrected chi connectivity index (χ2v) is 5.86. The van der Waals surface area contributed by atoms with Crippen molar-refractivity contribution in [2.45, 2.75) is 12.4 Å². The smallest absolute Gasteiger partial charge is 0.416 e. The molecule has 0 saturated heterocycles. The number of hydrogen-bond acceptors (Lipinski definition) is 5. The van der Waals surface area contributed by atoms with Gasteiger partial charge in [-0.25, -0.2) is 9.78 Å². The van der Waals surface area contributed by atoms with Crippen LogP contribution in [-0.4, -0.2) is 37.2 Å². The average Bonchev–Trinajstić information content (AvgIpc) is 2.60. The standard InChI is InChI=1S/C16H15F6N5O2/c1-27(2)12-11(7-23-14(26-12)29-3)25-13(28)24-10-5-8(15(17,18)19)4-9(6-10)16(20,21)22/h4-7H,1-3H3,(H2,24,25,28). The van der Waals surface area contributed by atoms with Gasteiger partial charge in [-0.2, -0.15) is 31.3 Å². The molecule has 2 N–H and O–H groups in total. The molecule has 1 aromatic carbocycles. The van der Waals surface area contributed by atoms with Crippen molar-refractivity contribution >= 4 is 23.2 Å². The summed E-state index contributed by atoms with van der Waals surface area (Å²) in [5.41, 5.74) is -3.74. The zero-order valence-corrected chi connectivity index (χ0v) is 15.2. The van der Waals surface area contributed by atoms with E-state index in [1.807, 2.05) is 5.32 Å². The van der Waals surface area contributed by atoms with Crippen molar-refractivity contribution in [3.05, 3.63) is 35.5 Å². The van der Waals surface area contributed by atoms with Crippen LogP contribution in [0, 0.1) is 0 Å². The average molecular weight is 423 g/mol. The van der Waals surface area contributed by atoms with Crippen LogP contribution in [0.1, 0.15) is 11.1 Å². The Morgan fingerprint density at radius 3 is 2.00 bits per heavy atom. The normalized spacial score (nSPS) is 11.8. The molecule has 2 amide bonds. The highest BCUT2D eigenvalue weighted by Gasteiger charge is 2.37. The van der Waals surface area contributed by atoms with E-state index in [-0.39, 0.29) is 23.6 Å². The first kappa shape index (κ1) is 22.0. The van der Waals surface area contributed by atoms with E-state index in [2.05, 4.69) is 15.3 Å². The number of carbonyl (C=O) groups is 1. The fourth-order valence-electron chi connectivity index (χ4n) is 2.20. The van der Waals surface area contributed by atoms with Gasteiger partial charge in [0, 0.05) is 19.8 Å². The molecule has 0 aliphatic rings. The number of urea groups is 1. The van der Waals surface area contributed by atoms with Gasteiger partial charge in [-0.3, -0.25) is 0 Å². The molecule has 2 rings (SSSR count). The molecule has 1 heterocycles. The van der Waals surface area contributed by atoms with Crippen LogP contribution in [0.2, 0.25) is 0 Å². The van der Waals surface area contributed by atoms with E-state index in [9.17, 15) is 31.1 Å². The molecule has 1 aromatic heterocycles. The highest BCUT2D eigenvalue weighted by molar-refractivity contribution is 6.01. The van der Waals surface area contributed by atoms with Crippen molar-refractivity contribution in [1.29, 1.82) is 0 Å². The summed E-state index contributed by atoms with van der Waals surface area (Å²) in [6.45, 7) is 0. The maximum absolute atomic E-state index is 12.9. The fraction of sp³-hybridized carbons (Fsp3) is 0.312. The number of amides is 2. The molecule has 0 saturated carbocycles. The van der Waals surface area contributed by atoms with Crippen LogP contribution in [-0.2, 0) is 12.4 Å². The number of rotatable bonds is 4. The maximum Gasteiger partial charge on any atom is 0.416 e. The van der Waals surface area contributed by atoms with E-state index < -0.39 is 35.2 Å².